The molecule has 10 nitrogen and oxygen atoms in total. The Morgan fingerprint density at radius 3 is 2.55 bits per heavy atom. The van der Waals surface area contributed by atoms with E-state index in [1.54, 1.807) is 26.3 Å². The average molecular weight is 465 g/mol. The molecule has 2 N–H and O–H groups in total. The Bertz CT molecular complexity index is 821. The molecule has 1 saturated carbocycles. The van der Waals surface area contributed by atoms with Gasteiger partial charge in [0.15, 0.2) is 0 Å². The minimum atomic E-state index is -0.572. The van der Waals surface area contributed by atoms with Crippen LogP contribution in [-0.4, -0.2) is 56.7 Å². The van der Waals surface area contributed by atoms with Crippen LogP contribution in [-0.2, 0) is 14.3 Å². The van der Waals surface area contributed by atoms with Gasteiger partial charge in [-0.05, 0) is 33.1 Å². The second-order valence-electron chi connectivity index (χ2n) is 10.3. The zero-order chi connectivity index (χ0) is 24.0. The number of amides is 2. The van der Waals surface area contributed by atoms with E-state index < -0.39 is 17.4 Å². The number of aromatic nitrogens is 2. The monoisotopic (exact) mass is 464 g/mol. The molecule has 1 aliphatic heterocycles. The third-order valence-electron chi connectivity index (χ3n) is 6.34. The molecule has 10 heteroatoms. The van der Waals surface area contributed by atoms with Gasteiger partial charge in [0.25, 0.3) is 11.7 Å². The van der Waals surface area contributed by atoms with E-state index in [0.717, 1.165) is 18.8 Å². The molecule has 1 saturated heterocycles. The van der Waals surface area contributed by atoms with Crippen molar-refractivity contribution in [2.45, 2.75) is 90.1 Å². The minimum Gasteiger partial charge on any atom is -0.460 e. The van der Waals surface area contributed by atoms with Crippen LogP contribution < -0.4 is 5.48 Å². The van der Waals surface area contributed by atoms with E-state index in [9.17, 15) is 14.4 Å². The Labute approximate surface area is 194 Å². The Hall–Kier alpha value is -2.49. The Kier molecular flexibility index (Phi) is 8.45. The van der Waals surface area contributed by atoms with Crippen molar-refractivity contribution >= 4 is 17.8 Å². The van der Waals surface area contributed by atoms with E-state index in [1.807, 2.05) is 0 Å². The van der Waals surface area contributed by atoms with Crippen LogP contribution in [0, 0.1) is 11.8 Å². The summed E-state index contributed by atoms with van der Waals surface area (Å²) >= 11 is 0. The maximum absolute atomic E-state index is 12.7. The van der Waals surface area contributed by atoms with Crippen LogP contribution in [0.2, 0.25) is 0 Å². The van der Waals surface area contributed by atoms with Crippen LogP contribution in [0.4, 0.5) is 0 Å². The maximum Gasteiger partial charge on any atom is 0.313 e. The number of ether oxygens (including phenoxy) is 1. The summed E-state index contributed by atoms with van der Waals surface area (Å²) in [6, 6.07) is 0. The van der Waals surface area contributed by atoms with E-state index in [1.165, 1.54) is 37.0 Å². The molecule has 1 atom stereocenters. The molecule has 1 aromatic heterocycles. The molecule has 1 aromatic rings. The SMILES string of the molecule is CC(C)(C)OC(=O)C1CN(C(=O)c2noc([C@H](CCCC3CCCCC3)CC(=O)NO)n2)C1. The van der Waals surface area contributed by atoms with Gasteiger partial charge in [-0.1, -0.05) is 50.1 Å². The summed E-state index contributed by atoms with van der Waals surface area (Å²) in [5.41, 5.74) is 1.08. The maximum atomic E-state index is 12.7. The molecule has 2 fully saturated rings. The number of hydrogen-bond donors (Lipinski definition) is 2. The van der Waals surface area contributed by atoms with Crippen molar-refractivity contribution in [3.05, 3.63) is 11.7 Å². The molecular formula is C23H36N4O6. The fourth-order valence-corrected chi connectivity index (χ4v) is 4.52. The molecule has 2 amide bonds. The number of esters is 1. The van der Waals surface area contributed by atoms with Gasteiger partial charge in [0.1, 0.15) is 5.60 Å². The van der Waals surface area contributed by atoms with Crippen molar-refractivity contribution in [3.63, 3.8) is 0 Å². The molecular weight excluding hydrogens is 428 g/mol. The Balaban J connectivity index is 1.54. The second-order valence-corrected chi connectivity index (χ2v) is 10.3. The number of rotatable bonds is 9. The van der Waals surface area contributed by atoms with Gasteiger partial charge in [0, 0.05) is 25.4 Å². The van der Waals surface area contributed by atoms with E-state index >= 15 is 0 Å². The first-order valence-corrected chi connectivity index (χ1v) is 11.9. The van der Waals surface area contributed by atoms with Crippen molar-refractivity contribution in [2.75, 3.05) is 13.1 Å². The molecule has 0 radical (unpaired) electrons. The van der Waals surface area contributed by atoms with Crippen molar-refractivity contribution in [1.82, 2.24) is 20.5 Å². The highest BCUT2D eigenvalue weighted by molar-refractivity contribution is 5.92. The summed E-state index contributed by atoms with van der Waals surface area (Å²) in [5, 5.41) is 12.8. The van der Waals surface area contributed by atoms with E-state index in [-0.39, 0.29) is 49.0 Å². The summed E-state index contributed by atoms with van der Waals surface area (Å²) in [7, 11) is 0. The third kappa shape index (κ3) is 7.25. The molecule has 0 spiro atoms. The first-order chi connectivity index (χ1) is 15.7. The summed E-state index contributed by atoms with van der Waals surface area (Å²) in [4.78, 5) is 42.3. The van der Waals surface area contributed by atoms with Crippen molar-refractivity contribution < 1.29 is 28.9 Å². The van der Waals surface area contributed by atoms with Gasteiger partial charge < -0.3 is 14.2 Å². The molecule has 2 heterocycles. The predicted molar refractivity (Wildman–Crippen MR) is 117 cm³/mol. The fraction of sp³-hybridized carbons (Fsp3) is 0.783. The topological polar surface area (TPSA) is 135 Å². The van der Waals surface area contributed by atoms with E-state index in [2.05, 4.69) is 10.1 Å². The van der Waals surface area contributed by atoms with Gasteiger partial charge in [-0.3, -0.25) is 19.6 Å². The molecule has 1 aliphatic carbocycles. The van der Waals surface area contributed by atoms with Gasteiger partial charge >= 0.3 is 5.97 Å². The van der Waals surface area contributed by atoms with Crippen LogP contribution >= 0.6 is 0 Å². The van der Waals surface area contributed by atoms with E-state index in [0.29, 0.717) is 6.42 Å². The van der Waals surface area contributed by atoms with Gasteiger partial charge in [0.05, 0.1) is 5.92 Å². The quantitative estimate of drug-likeness (QED) is 0.323. The minimum absolute atomic E-state index is 0.00141. The van der Waals surface area contributed by atoms with Crippen LogP contribution in [0.5, 0.6) is 0 Å². The van der Waals surface area contributed by atoms with Crippen LogP contribution in [0.3, 0.4) is 0 Å². The van der Waals surface area contributed by atoms with Crippen molar-refractivity contribution in [1.29, 1.82) is 0 Å². The number of likely N-dealkylation sites (tertiary alicyclic amines) is 1. The molecule has 0 unspecified atom stereocenters. The Morgan fingerprint density at radius 1 is 1.21 bits per heavy atom. The lowest BCUT2D eigenvalue weighted by Crippen LogP contribution is -2.54. The number of hydrogen-bond acceptors (Lipinski definition) is 8. The van der Waals surface area contributed by atoms with Gasteiger partial charge in [-0.25, -0.2) is 5.48 Å². The van der Waals surface area contributed by atoms with Crippen LogP contribution in [0.25, 0.3) is 0 Å². The third-order valence-corrected chi connectivity index (χ3v) is 6.34. The number of nitrogens with zero attached hydrogens (tertiary/aromatic N) is 3. The second kappa shape index (κ2) is 11.1. The van der Waals surface area contributed by atoms with E-state index in [4.69, 9.17) is 14.5 Å². The molecule has 3 rings (SSSR count). The van der Waals surface area contributed by atoms with Crippen molar-refractivity contribution in [2.24, 2.45) is 11.8 Å². The number of carbonyl (C=O) groups is 3. The molecule has 184 valence electrons. The smallest absolute Gasteiger partial charge is 0.313 e. The first kappa shape index (κ1) is 25.1. The highest BCUT2D eigenvalue weighted by atomic mass is 16.6. The van der Waals surface area contributed by atoms with Gasteiger partial charge in [0.2, 0.25) is 11.8 Å². The summed E-state index contributed by atoms with van der Waals surface area (Å²) < 4.78 is 10.7. The lowest BCUT2D eigenvalue weighted by Gasteiger charge is -2.38. The van der Waals surface area contributed by atoms with Gasteiger partial charge in [-0.2, -0.15) is 4.98 Å². The van der Waals surface area contributed by atoms with Crippen LogP contribution in [0.1, 0.15) is 101 Å². The molecule has 0 bridgehead atoms. The standard InChI is InChI=1S/C23H36N4O6/c1-23(2,3)32-22(30)17-13-27(14-17)21(29)19-24-20(33-26-19)16(12-18(28)25-31)11-7-10-15-8-5-4-6-9-15/h15-17,31H,4-14H2,1-3H3,(H,25,28)/t16-/m1/s1. The number of hydroxylamine groups is 1. The fourth-order valence-electron chi connectivity index (χ4n) is 4.52. The average Bonchev–Trinajstić information content (AvgIpc) is 3.21. The number of carbonyl (C=O) groups excluding carboxylic acids is 3. The van der Waals surface area contributed by atoms with Gasteiger partial charge in [-0.15, -0.1) is 0 Å². The summed E-state index contributed by atoms with van der Waals surface area (Å²) in [6.07, 6.45) is 9.02. The summed E-state index contributed by atoms with van der Waals surface area (Å²) in [6.45, 7) is 5.90. The highest BCUT2D eigenvalue weighted by Crippen LogP contribution is 2.31. The van der Waals surface area contributed by atoms with Crippen LogP contribution in [0.15, 0.2) is 4.52 Å². The summed E-state index contributed by atoms with van der Waals surface area (Å²) in [5.74, 6) is -1.17. The molecule has 33 heavy (non-hydrogen) atoms. The molecule has 2 aliphatic rings. The van der Waals surface area contributed by atoms with Crippen molar-refractivity contribution in [3.8, 4) is 0 Å². The lowest BCUT2D eigenvalue weighted by atomic mass is 9.84. The predicted octanol–water partition coefficient (Wildman–Crippen LogP) is 3.21. The largest absolute Gasteiger partial charge is 0.460 e. The highest BCUT2D eigenvalue weighted by Gasteiger charge is 2.40. The first-order valence-electron chi connectivity index (χ1n) is 11.9. The normalized spacial score (nSPS) is 18.5. The number of nitrogens with one attached hydrogen (secondary N) is 1. The molecule has 0 aromatic carbocycles. The Morgan fingerprint density at radius 2 is 1.91 bits per heavy atom. The zero-order valence-electron chi connectivity index (χ0n) is 19.8. The zero-order valence-corrected chi connectivity index (χ0v) is 19.8. The lowest BCUT2D eigenvalue weighted by molar-refractivity contribution is -0.164.